The Morgan fingerprint density at radius 1 is 1.73 bits per heavy atom. The maximum atomic E-state index is 13.2. The quantitative estimate of drug-likeness (QED) is 0.662. The van der Waals surface area contributed by atoms with Crippen molar-refractivity contribution >= 4 is 5.97 Å². The lowest BCUT2D eigenvalue weighted by Crippen LogP contribution is -2.37. The number of aromatic carboxylic acids is 1. The Balaban J connectivity index is 3.18. The van der Waals surface area contributed by atoms with E-state index in [2.05, 4.69) is 4.98 Å². The zero-order valence-corrected chi connectivity index (χ0v) is 8.07. The number of nitrogens with zero attached hydrogens (tertiary/aromatic N) is 1. The molecule has 0 aliphatic carbocycles. The maximum absolute atomic E-state index is 13.2. The molecule has 0 aliphatic rings. The van der Waals surface area contributed by atoms with Gasteiger partial charge in [0.05, 0.1) is 12.1 Å². The fourth-order valence-electron chi connectivity index (χ4n) is 0.999. The third-order valence-electron chi connectivity index (χ3n) is 2.03. The Labute approximate surface area is 85.4 Å². The van der Waals surface area contributed by atoms with E-state index in [0.29, 0.717) is 0 Å². The lowest BCUT2D eigenvalue weighted by Gasteiger charge is -2.21. The van der Waals surface area contributed by atoms with Crippen molar-refractivity contribution in [1.29, 1.82) is 0 Å². The molecule has 6 heteroatoms. The maximum Gasteiger partial charge on any atom is 0.357 e. The fraction of sp³-hybridized carbons (Fsp3) is 0.333. The summed E-state index contributed by atoms with van der Waals surface area (Å²) in [7, 11) is 0. The molecule has 1 rings (SSSR count). The number of carboxylic acids is 1. The van der Waals surface area contributed by atoms with E-state index < -0.39 is 23.0 Å². The minimum atomic E-state index is -1.44. The van der Waals surface area contributed by atoms with Crippen LogP contribution in [0.4, 0.5) is 4.39 Å². The zero-order valence-electron chi connectivity index (χ0n) is 8.07. The molecule has 1 aromatic heterocycles. The lowest BCUT2D eigenvalue weighted by atomic mass is 9.96. The summed E-state index contributed by atoms with van der Waals surface area (Å²) in [6.07, 6.45) is 1.14. The second kappa shape index (κ2) is 3.92. The van der Waals surface area contributed by atoms with E-state index in [1.165, 1.54) is 6.92 Å². The minimum absolute atomic E-state index is 0.243. The number of aliphatic hydroxyl groups is 1. The number of halogens is 1. The van der Waals surface area contributed by atoms with Crippen molar-refractivity contribution in [3.8, 4) is 0 Å². The number of pyridine rings is 1. The highest BCUT2D eigenvalue weighted by atomic mass is 19.1. The first-order chi connectivity index (χ1) is 6.88. The van der Waals surface area contributed by atoms with Gasteiger partial charge < -0.3 is 15.9 Å². The average molecular weight is 214 g/mol. The van der Waals surface area contributed by atoms with Crippen LogP contribution in [-0.4, -0.2) is 27.8 Å². The van der Waals surface area contributed by atoms with Crippen LogP contribution >= 0.6 is 0 Å². The molecule has 15 heavy (non-hydrogen) atoms. The van der Waals surface area contributed by atoms with Gasteiger partial charge in [0.1, 0.15) is 0 Å². The van der Waals surface area contributed by atoms with Crippen molar-refractivity contribution in [2.24, 2.45) is 5.73 Å². The number of carbonyl (C=O) groups is 1. The first-order valence-corrected chi connectivity index (χ1v) is 4.17. The van der Waals surface area contributed by atoms with Gasteiger partial charge in [0.2, 0.25) is 0 Å². The Hall–Kier alpha value is -1.53. The van der Waals surface area contributed by atoms with E-state index in [0.717, 1.165) is 12.3 Å². The average Bonchev–Trinajstić information content (AvgIpc) is 2.17. The molecule has 1 heterocycles. The van der Waals surface area contributed by atoms with Gasteiger partial charge in [-0.3, -0.25) is 0 Å². The van der Waals surface area contributed by atoms with Crippen LogP contribution in [0.3, 0.4) is 0 Å². The SMILES string of the molecule is C[C@@](N)(CO)c1cnc(C(=O)O)c(F)c1. The van der Waals surface area contributed by atoms with Crippen LogP contribution < -0.4 is 5.73 Å². The highest BCUT2D eigenvalue weighted by Gasteiger charge is 2.23. The van der Waals surface area contributed by atoms with E-state index in [1.54, 1.807) is 0 Å². The highest BCUT2D eigenvalue weighted by molar-refractivity contribution is 5.85. The first-order valence-electron chi connectivity index (χ1n) is 4.17. The Kier molecular flexibility index (Phi) is 3.01. The van der Waals surface area contributed by atoms with Crippen molar-refractivity contribution in [2.45, 2.75) is 12.5 Å². The van der Waals surface area contributed by atoms with Gasteiger partial charge in [-0.15, -0.1) is 0 Å². The normalized spacial score (nSPS) is 14.7. The Bertz CT molecular complexity index is 393. The van der Waals surface area contributed by atoms with Crippen LogP contribution in [0.15, 0.2) is 12.3 Å². The predicted molar refractivity (Wildman–Crippen MR) is 49.8 cm³/mol. The summed E-state index contributed by atoms with van der Waals surface area (Å²) in [4.78, 5) is 13.9. The Morgan fingerprint density at radius 3 is 2.73 bits per heavy atom. The monoisotopic (exact) mass is 214 g/mol. The summed E-state index contributed by atoms with van der Waals surface area (Å²) in [5.74, 6) is -2.41. The van der Waals surface area contributed by atoms with E-state index in [9.17, 15) is 9.18 Å². The van der Waals surface area contributed by atoms with Crippen LogP contribution in [0, 0.1) is 5.82 Å². The van der Waals surface area contributed by atoms with E-state index in [4.69, 9.17) is 15.9 Å². The van der Waals surface area contributed by atoms with Gasteiger partial charge in [0, 0.05) is 6.20 Å². The number of rotatable bonds is 3. The molecule has 0 bridgehead atoms. The predicted octanol–water partition coefficient (Wildman–Crippen LogP) is 0.0851. The molecule has 0 saturated heterocycles. The van der Waals surface area contributed by atoms with Crippen LogP contribution in [0.1, 0.15) is 23.0 Å². The van der Waals surface area contributed by atoms with Gasteiger partial charge in [-0.1, -0.05) is 0 Å². The van der Waals surface area contributed by atoms with Crippen LogP contribution in [0.25, 0.3) is 0 Å². The van der Waals surface area contributed by atoms with Crippen molar-refractivity contribution in [2.75, 3.05) is 6.61 Å². The molecule has 0 aliphatic heterocycles. The van der Waals surface area contributed by atoms with Crippen molar-refractivity contribution in [3.05, 3.63) is 29.3 Å². The lowest BCUT2D eigenvalue weighted by molar-refractivity contribution is 0.0684. The van der Waals surface area contributed by atoms with Crippen LogP contribution in [0.2, 0.25) is 0 Å². The molecule has 0 spiro atoms. The highest BCUT2D eigenvalue weighted by Crippen LogP contribution is 2.18. The molecule has 0 unspecified atom stereocenters. The van der Waals surface area contributed by atoms with Crippen molar-refractivity contribution in [3.63, 3.8) is 0 Å². The molecule has 82 valence electrons. The fourth-order valence-corrected chi connectivity index (χ4v) is 0.999. The second-order valence-electron chi connectivity index (χ2n) is 3.44. The molecule has 1 atom stereocenters. The summed E-state index contributed by atoms with van der Waals surface area (Å²) in [5, 5.41) is 17.5. The number of nitrogens with two attached hydrogens (primary N) is 1. The van der Waals surface area contributed by atoms with Crippen molar-refractivity contribution < 1.29 is 19.4 Å². The van der Waals surface area contributed by atoms with Gasteiger partial charge >= 0.3 is 5.97 Å². The topological polar surface area (TPSA) is 96.4 Å². The van der Waals surface area contributed by atoms with Crippen molar-refractivity contribution in [1.82, 2.24) is 4.98 Å². The second-order valence-corrected chi connectivity index (χ2v) is 3.44. The largest absolute Gasteiger partial charge is 0.476 e. The summed E-state index contributed by atoms with van der Waals surface area (Å²) in [6, 6.07) is 0.965. The number of carboxylic acid groups (broad SMARTS) is 1. The van der Waals surface area contributed by atoms with Crippen LogP contribution in [0.5, 0.6) is 0 Å². The zero-order chi connectivity index (χ0) is 11.6. The molecule has 4 N–H and O–H groups in total. The van der Waals surface area contributed by atoms with E-state index in [1.807, 2.05) is 0 Å². The molecular weight excluding hydrogens is 203 g/mol. The van der Waals surface area contributed by atoms with Crippen LogP contribution in [-0.2, 0) is 5.54 Å². The molecule has 1 aromatic rings. The van der Waals surface area contributed by atoms with Gasteiger partial charge in [0.25, 0.3) is 0 Å². The van der Waals surface area contributed by atoms with Gasteiger partial charge in [-0.2, -0.15) is 0 Å². The molecular formula is C9H11FN2O3. The third kappa shape index (κ3) is 2.28. The molecule has 0 fully saturated rings. The number of aromatic nitrogens is 1. The molecule has 0 amide bonds. The summed E-state index contributed by atoms with van der Waals surface area (Å²) in [5.41, 5.74) is 4.08. The third-order valence-corrected chi connectivity index (χ3v) is 2.03. The van der Waals surface area contributed by atoms with E-state index >= 15 is 0 Å². The summed E-state index contributed by atoms with van der Waals surface area (Å²) in [6.45, 7) is 1.10. The van der Waals surface area contributed by atoms with Gasteiger partial charge in [0.15, 0.2) is 11.5 Å². The first kappa shape index (κ1) is 11.5. The van der Waals surface area contributed by atoms with E-state index in [-0.39, 0.29) is 12.2 Å². The standard InChI is InChI=1S/C9H11FN2O3/c1-9(11,4-13)5-2-6(10)7(8(14)15)12-3-5/h2-3,13H,4,11H2,1H3,(H,14,15)/t9-/m1/s1. The van der Waals surface area contributed by atoms with Gasteiger partial charge in [-0.05, 0) is 18.6 Å². The smallest absolute Gasteiger partial charge is 0.357 e. The molecule has 0 radical (unpaired) electrons. The number of hydrogen-bond donors (Lipinski definition) is 3. The van der Waals surface area contributed by atoms with Gasteiger partial charge in [-0.25, -0.2) is 14.2 Å². The summed E-state index contributed by atoms with van der Waals surface area (Å²) < 4.78 is 13.2. The molecule has 0 saturated carbocycles. The number of aliphatic hydroxyl groups excluding tert-OH is 1. The summed E-state index contributed by atoms with van der Waals surface area (Å²) >= 11 is 0. The molecule has 5 nitrogen and oxygen atoms in total. The number of hydrogen-bond acceptors (Lipinski definition) is 4. The minimum Gasteiger partial charge on any atom is -0.476 e. The molecule has 0 aromatic carbocycles. The Morgan fingerprint density at radius 2 is 2.33 bits per heavy atom.